The molecule has 3 saturated heterocycles. The standard InChI is InChI=1S/C47H43N2O/c1-2-33-31-49(32-43-39-21-11-9-19-37(39)29-38-20-10-12-22-40(38)43)28-26-36(33)30-45(49)47(42-25-27-48-44-24-14-13-23-41(42)44)50-46(34-15-5-3-6-16-34)35-17-7-4-8-18-35/h2-25,27,29,33,36,45-47H,1,26,28,30-32H2/q+1/t33-,36-,45+,47-,49?/m0/s1. The highest BCUT2D eigenvalue weighted by atomic mass is 16.5. The number of hydrogen-bond donors (Lipinski definition) is 0. The molecule has 0 spiro atoms. The van der Waals surface area contributed by atoms with Gasteiger partial charge in [0.1, 0.15) is 24.8 Å². The van der Waals surface area contributed by atoms with Gasteiger partial charge >= 0.3 is 0 Å². The van der Waals surface area contributed by atoms with Crippen molar-refractivity contribution in [3.63, 3.8) is 0 Å². The second-order valence-electron chi connectivity index (χ2n) is 14.5. The molecule has 6 aromatic carbocycles. The molecule has 4 heterocycles. The van der Waals surface area contributed by atoms with E-state index in [0.717, 1.165) is 36.1 Å². The quantitative estimate of drug-likeness (QED) is 0.0880. The molecule has 0 saturated carbocycles. The SMILES string of the molecule is C=C[C@H]1C[N+]2(Cc3c4ccccc4cc4ccccc34)CC[C@H]1C[C@@H]2[C@@H](OC(c1ccccc1)c1ccccc1)c1ccnc2ccccc12. The number of nitrogens with zero attached hydrogens (tertiary/aromatic N) is 2. The van der Waals surface area contributed by atoms with Gasteiger partial charge in [-0.05, 0) is 62.4 Å². The van der Waals surface area contributed by atoms with Crippen molar-refractivity contribution in [2.45, 2.75) is 37.6 Å². The molecule has 3 aliphatic heterocycles. The van der Waals surface area contributed by atoms with Gasteiger partial charge in [-0.2, -0.15) is 0 Å². The highest BCUT2D eigenvalue weighted by Gasteiger charge is 2.55. The van der Waals surface area contributed by atoms with E-state index >= 15 is 0 Å². The first-order valence-electron chi connectivity index (χ1n) is 18.2. The predicted octanol–water partition coefficient (Wildman–Crippen LogP) is 11.0. The van der Waals surface area contributed by atoms with Crippen molar-refractivity contribution in [3.05, 3.63) is 187 Å². The van der Waals surface area contributed by atoms with Crippen LogP contribution in [0.1, 0.15) is 47.3 Å². The lowest BCUT2D eigenvalue weighted by Gasteiger charge is -2.59. The fraction of sp³-hybridized carbons (Fsp3) is 0.213. The molecule has 3 aliphatic rings. The van der Waals surface area contributed by atoms with Gasteiger partial charge in [0, 0.05) is 35.9 Å². The summed E-state index contributed by atoms with van der Waals surface area (Å²) in [6.07, 6.45) is 6.16. The molecule has 10 rings (SSSR count). The van der Waals surface area contributed by atoms with Crippen molar-refractivity contribution < 1.29 is 9.22 Å². The molecule has 3 heteroatoms. The van der Waals surface area contributed by atoms with Crippen molar-refractivity contribution >= 4 is 32.4 Å². The first kappa shape index (κ1) is 30.9. The van der Waals surface area contributed by atoms with Gasteiger partial charge in [-0.15, -0.1) is 6.58 Å². The van der Waals surface area contributed by atoms with Crippen LogP contribution in [0.2, 0.25) is 0 Å². The normalized spacial score (nSPS) is 22.3. The highest BCUT2D eigenvalue weighted by molar-refractivity contribution is 6.02. The Morgan fingerprint density at radius 1 is 0.720 bits per heavy atom. The molecule has 0 radical (unpaired) electrons. The molecule has 7 aromatic rings. The Hall–Kier alpha value is -5.09. The number of para-hydroxylation sites is 1. The Morgan fingerprint density at radius 3 is 1.98 bits per heavy atom. The largest absolute Gasteiger partial charge is 0.355 e. The minimum absolute atomic E-state index is 0.164. The topological polar surface area (TPSA) is 22.1 Å². The number of piperidine rings is 3. The number of ether oxygens (including phenoxy) is 1. The van der Waals surface area contributed by atoms with E-state index in [1.54, 1.807) is 0 Å². The predicted molar refractivity (Wildman–Crippen MR) is 206 cm³/mol. The van der Waals surface area contributed by atoms with E-state index in [0.29, 0.717) is 11.8 Å². The van der Waals surface area contributed by atoms with E-state index in [4.69, 9.17) is 9.72 Å². The van der Waals surface area contributed by atoms with E-state index in [2.05, 4.69) is 158 Å². The summed E-state index contributed by atoms with van der Waals surface area (Å²) in [5, 5.41) is 6.52. The lowest BCUT2D eigenvalue weighted by Crippen LogP contribution is -2.67. The lowest BCUT2D eigenvalue weighted by atomic mass is 9.70. The summed E-state index contributed by atoms with van der Waals surface area (Å²) in [4.78, 5) is 4.82. The zero-order chi connectivity index (χ0) is 33.5. The van der Waals surface area contributed by atoms with Crippen molar-refractivity contribution in [2.75, 3.05) is 13.1 Å². The average molecular weight is 652 g/mol. The minimum atomic E-state index is -0.218. The molecule has 0 amide bonds. The molecular weight excluding hydrogens is 609 g/mol. The van der Waals surface area contributed by atoms with E-state index in [1.165, 1.54) is 55.6 Å². The van der Waals surface area contributed by atoms with Crippen molar-refractivity contribution in [3.8, 4) is 0 Å². The molecular formula is C47H43N2O+. The fourth-order valence-corrected chi connectivity index (χ4v) is 9.45. The first-order valence-corrected chi connectivity index (χ1v) is 18.2. The maximum atomic E-state index is 7.75. The molecule has 0 N–H and O–H groups in total. The van der Waals surface area contributed by atoms with Crippen LogP contribution in [0.4, 0.5) is 0 Å². The van der Waals surface area contributed by atoms with Gasteiger partial charge in [0.25, 0.3) is 0 Å². The van der Waals surface area contributed by atoms with Gasteiger partial charge in [-0.3, -0.25) is 4.98 Å². The average Bonchev–Trinajstić information content (AvgIpc) is 3.19. The van der Waals surface area contributed by atoms with E-state index in [9.17, 15) is 0 Å². The van der Waals surface area contributed by atoms with Crippen LogP contribution in [0.15, 0.2) is 164 Å². The summed E-state index contributed by atoms with van der Waals surface area (Å²) < 4.78 is 8.72. The number of aromatic nitrogens is 1. The maximum absolute atomic E-state index is 7.75. The molecule has 5 atom stereocenters. The van der Waals surface area contributed by atoms with Crippen LogP contribution < -0.4 is 0 Å². The monoisotopic (exact) mass is 651 g/mol. The molecule has 246 valence electrons. The summed E-state index contributed by atoms with van der Waals surface area (Å²) in [5.41, 5.74) is 6.05. The van der Waals surface area contributed by atoms with Gasteiger partial charge in [0.2, 0.25) is 0 Å². The van der Waals surface area contributed by atoms with Crippen molar-refractivity contribution in [1.29, 1.82) is 0 Å². The highest BCUT2D eigenvalue weighted by Crippen LogP contribution is 2.51. The van der Waals surface area contributed by atoms with Gasteiger partial charge in [-0.1, -0.05) is 133 Å². The number of rotatable bonds is 9. The van der Waals surface area contributed by atoms with Crippen LogP contribution >= 0.6 is 0 Å². The van der Waals surface area contributed by atoms with Gasteiger partial charge in [0.15, 0.2) is 0 Å². The molecule has 1 unspecified atom stereocenters. The van der Waals surface area contributed by atoms with Crippen LogP contribution in [0.25, 0.3) is 32.4 Å². The summed E-state index contributed by atoms with van der Waals surface area (Å²) in [7, 11) is 0. The third kappa shape index (κ3) is 5.42. The third-order valence-corrected chi connectivity index (χ3v) is 11.9. The minimum Gasteiger partial charge on any atom is -0.355 e. The molecule has 3 nitrogen and oxygen atoms in total. The van der Waals surface area contributed by atoms with Crippen LogP contribution in [-0.4, -0.2) is 28.6 Å². The van der Waals surface area contributed by atoms with Crippen LogP contribution in [0.3, 0.4) is 0 Å². The number of pyridine rings is 1. The smallest absolute Gasteiger partial charge is 0.136 e. The number of quaternary nitrogens is 1. The van der Waals surface area contributed by atoms with Crippen molar-refractivity contribution in [2.24, 2.45) is 11.8 Å². The second kappa shape index (κ2) is 13.0. The van der Waals surface area contributed by atoms with Gasteiger partial charge in [0.05, 0.1) is 18.6 Å². The summed E-state index contributed by atoms with van der Waals surface area (Å²) in [6, 6.07) is 53.0. The Morgan fingerprint density at radius 2 is 1.32 bits per heavy atom. The van der Waals surface area contributed by atoms with Crippen molar-refractivity contribution in [1.82, 2.24) is 4.98 Å². The fourth-order valence-electron chi connectivity index (χ4n) is 9.45. The van der Waals surface area contributed by atoms with E-state index in [1.807, 2.05) is 6.20 Å². The summed E-state index contributed by atoms with van der Waals surface area (Å²) >= 11 is 0. The van der Waals surface area contributed by atoms with E-state index in [-0.39, 0.29) is 18.2 Å². The molecule has 2 bridgehead atoms. The van der Waals surface area contributed by atoms with Crippen LogP contribution in [0, 0.1) is 11.8 Å². The second-order valence-corrected chi connectivity index (χ2v) is 14.5. The lowest BCUT2D eigenvalue weighted by molar-refractivity contribution is -0.984. The molecule has 50 heavy (non-hydrogen) atoms. The van der Waals surface area contributed by atoms with E-state index < -0.39 is 0 Å². The number of benzene rings is 6. The maximum Gasteiger partial charge on any atom is 0.136 e. The van der Waals surface area contributed by atoms with Gasteiger partial charge in [-0.25, -0.2) is 0 Å². The van der Waals surface area contributed by atoms with Crippen LogP contribution in [0.5, 0.6) is 0 Å². The molecule has 3 fully saturated rings. The number of hydrogen-bond acceptors (Lipinski definition) is 2. The Kier molecular flexibility index (Phi) is 8.03. The third-order valence-electron chi connectivity index (χ3n) is 11.9. The number of fused-ring (bicyclic) bond motifs is 6. The Labute approximate surface area is 295 Å². The molecule has 0 aliphatic carbocycles. The first-order chi connectivity index (χ1) is 24.7. The zero-order valence-electron chi connectivity index (χ0n) is 28.4. The summed E-state index contributed by atoms with van der Waals surface area (Å²) in [5.74, 6) is 1.07. The Bertz CT molecular complexity index is 2200. The Balaban J connectivity index is 1.25. The van der Waals surface area contributed by atoms with Crippen LogP contribution in [-0.2, 0) is 11.3 Å². The molecule has 1 aromatic heterocycles. The zero-order valence-corrected chi connectivity index (χ0v) is 28.4. The summed E-state index contributed by atoms with van der Waals surface area (Å²) in [6.45, 7) is 7.54. The van der Waals surface area contributed by atoms with Gasteiger partial charge < -0.3 is 9.22 Å².